The number of aromatic nitrogens is 4. The van der Waals surface area contributed by atoms with Crippen LogP contribution in [0.3, 0.4) is 0 Å². The second-order valence-corrected chi connectivity index (χ2v) is 8.20. The van der Waals surface area contributed by atoms with E-state index in [0.29, 0.717) is 18.4 Å². The molecule has 0 amide bonds. The Kier molecular flexibility index (Phi) is 6.57. The Morgan fingerprint density at radius 3 is 2.44 bits per heavy atom. The highest BCUT2D eigenvalue weighted by atomic mass is 35.5. The summed E-state index contributed by atoms with van der Waals surface area (Å²) in [6.45, 7) is 6.85. The molecule has 0 atom stereocenters. The van der Waals surface area contributed by atoms with E-state index < -0.39 is 11.4 Å². The van der Waals surface area contributed by atoms with Crippen molar-refractivity contribution in [1.82, 2.24) is 19.1 Å². The molecule has 0 saturated carbocycles. The van der Waals surface area contributed by atoms with Crippen LogP contribution in [0.5, 0.6) is 0 Å². The van der Waals surface area contributed by atoms with Crippen LogP contribution in [0.1, 0.15) is 25.5 Å². The number of hydrogen-bond acceptors (Lipinski definition) is 7. The summed E-state index contributed by atoms with van der Waals surface area (Å²) >= 11 is 5.88. The largest absolute Gasteiger partial charge is 0.378 e. The van der Waals surface area contributed by atoms with E-state index in [9.17, 15) is 9.59 Å². The van der Waals surface area contributed by atoms with Gasteiger partial charge in [-0.05, 0) is 49.7 Å². The Bertz CT molecular complexity index is 1180. The number of nitrogens with one attached hydrogen (secondary N) is 1. The van der Waals surface area contributed by atoms with E-state index in [0.717, 1.165) is 34.6 Å². The fourth-order valence-electron chi connectivity index (χ4n) is 3.58. The highest BCUT2D eigenvalue weighted by Crippen LogP contribution is 2.21. The minimum absolute atomic E-state index is 0.172. The highest BCUT2D eigenvalue weighted by Gasteiger charge is 2.16. The first kappa shape index (κ1) is 22.0. The third-order valence-electron chi connectivity index (χ3n) is 5.25. The van der Waals surface area contributed by atoms with Gasteiger partial charge in [0.2, 0.25) is 5.95 Å². The molecule has 1 aliphatic rings. The molecule has 0 aliphatic carbocycles. The minimum Gasteiger partial charge on any atom is -0.378 e. The molecule has 0 spiro atoms. The van der Waals surface area contributed by atoms with Gasteiger partial charge in [0.05, 0.1) is 19.8 Å². The maximum atomic E-state index is 13.2. The van der Waals surface area contributed by atoms with Crippen molar-refractivity contribution in [1.29, 1.82) is 0 Å². The van der Waals surface area contributed by atoms with Gasteiger partial charge in [-0.2, -0.15) is 4.98 Å². The summed E-state index contributed by atoms with van der Waals surface area (Å²) in [5.74, 6) is 0.172. The van der Waals surface area contributed by atoms with Crippen LogP contribution in [0.25, 0.3) is 0 Å². The molecular formula is C22H25ClN6O3. The van der Waals surface area contributed by atoms with Crippen LogP contribution in [0, 0.1) is 0 Å². The van der Waals surface area contributed by atoms with Crippen molar-refractivity contribution in [2.45, 2.75) is 26.4 Å². The zero-order chi connectivity index (χ0) is 22.7. The van der Waals surface area contributed by atoms with Gasteiger partial charge in [0, 0.05) is 36.7 Å². The molecular weight excluding hydrogens is 432 g/mol. The molecule has 10 heteroatoms. The van der Waals surface area contributed by atoms with E-state index in [4.69, 9.17) is 16.3 Å². The van der Waals surface area contributed by atoms with Gasteiger partial charge in [-0.25, -0.2) is 19.1 Å². The molecule has 2 aromatic heterocycles. The van der Waals surface area contributed by atoms with Crippen LogP contribution in [-0.4, -0.2) is 45.4 Å². The van der Waals surface area contributed by atoms with E-state index in [2.05, 4.69) is 20.2 Å². The van der Waals surface area contributed by atoms with E-state index in [-0.39, 0.29) is 18.5 Å². The maximum Gasteiger partial charge on any atom is 0.355 e. The third-order valence-corrected chi connectivity index (χ3v) is 5.47. The SMILES string of the molecule is CC(C)n1c(=O)nc(Nc2ccc(N3CCOCC3)cc2)n(Cc2ccc(Cl)nc2)c1=O. The van der Waals surface area contributed by atoms with Crippen LogP contribution >= 0.6 is 11.6 Å². The van der Waals surface area contributed by atoms with Crippen molar-refractivity contribution in [2.75, 3.05) is 36.5 Å². The quantitative estimate of drug-likeness (QED) is 0.570. The fourth-order valence-corrected chi connectivity index (χ4v) is 3.69. The molecule has 3 aromatic rings. The normalized spacial score (nSPS) is 14.1. The summed E-state index contributed by atoms with van der Waals surface area (Å²) < 4.78 is 7.97. The van der Waals surface area contributed by atoms with Gasteiger partial charge >= 0.3 is 11.4 Å². The van der Waals surface area contributed by atoms with E-state index >= 15 is 0 Å². The number of morpholine rings is 1. The molecule has 0 radical (unpaired) electrons. The standard InChI is InChI=1S/C22H25ClN6O3/c1-15(2)29-21(30)26-20(28(22(29)31)14-16-3-8-19(23)24-13-16)25-17-4-6-18(7-5-17)27-9-11-32-12-10-27/h3-8,13,15H,9-12,14H2,1-2H3,(H,25,26,30). The number of ether oxygens (including phenoxy) is 1. The topological polar surface area (TPSA) is 94.3 Å². The van der Waals surface area contributed by atoms with Gasteiger partial charge in [-0.15, -0.1) is 0 Å². The predicted molar refractivity (Wildman–Crippen MR) is 124 cm³/mol. The molecule has 1 N–H and O–H groups in total. The Morgan fingerprint density at radius 2 is 1.81 bits per heavy atom. The van der Waals surface area contributed by atoms with E-state index in [1.807, 2.05) is 24.3 Å². The van der Waals surface area contributed by atoms with Crippen molar-refractivity contribution in [3.63, 3.8) is 0 Å². The Hall–Kier alpha value is -3.17. The predicted octanol–water partition coefficient (Wildman–Crippen LogP) is 2.66. The Labute approximate surface area is 190 Å². The Morgan fingerprint density at radius 1 is 1.09 bits per heavy atom. The number of benzene rings is 1. The van der Waals surface area contributed by atoms with Crippen LogP contribution in [-0.2, 0) is 11.3 Å². The molecule has 0 unspecified atom stereocenters. The molecule has 32 heavy (non-hydrogen) atoms. The maximum absolute atomic E-state index is 13.2. The summed E-state index contributed by atoms with van der Waals surface area (Å²) in [4.78, 5) is 36.2. The third kappa shape index (κ3) is 4.84. The average molecular weight is 457 g/mol. The van der Waals surface area contributed by atoms with Gasteiger partial charge in [-0.3, -0.25) is 4.57 Å². The summed E-state index contributed by atoms with van der Waals surface area (Å²) in [6, 6.07) is 10.9. The highest BCUT2D eigenvalue weighted by molar-refractivity contribution is 6.29. The molecule has 0 bridgehead atoms. The lowest BCUT2D eigenvalue weighted by Crippen LogP contribution is -2.43. The van der Waals surface area contributed by atoms with Crippen LogP contribution in [0.2, 0.25) is 5.15 Å². The smallest absolute Gasteiger partial charge is 0.355 e. The number of pyridine rings is 1. The monoisotopic (exact) mass is 456 g/mol. The molecule has 1 saturated heterocycles. The van der Waals surface area contributed by atoms with Crippen molar-refractivity contribution >= 4 is 28.9 Å². The summed E-state index contributed by atoms with van der Waals surface area (Å²) in [7, 11) is 0. The molecule has 1 aliphatic heterocycles. The second kappa shape index (κ2) is 9.54. The van der Waals surface area contributed by atoms with Crippen LogP contribution in [0.4, 0.5) is 17.3 Å². The molecule has 1 fully saturated rings. The van der Waals surface area contributed by atoms with Crippen LogP contribution < -0.4 is 21.6 Å². The van der Waals surface area contributed by atoms with E-state index in [1.54, 1.807) is 32.2 Å². The summed E-state index contributed by atoms with van der Waals surface area (Å²) in [5.41, 5.74) is 1.54. The Balaban J connectivity index is 1.67. The minimum atomic E-state index is -0.595. The first-order chi connectivity index (χ1) is 15.4. The van der Waals surface area contributed by atoms with Crippen molar-refractivity contribution in [3.8, 4) is 0 Å². The van der Waals surface area contributed by atoms with Gasteiger partial charge in [0.1, 0.15) is 5.15 Å². The second-order valence-electron chi connectivity index (χ2n) is 7.81. The van der Waals surface area contributed by atoms with Gasteiger partial charge in [0.25, 0.3) is 0 Å². The lowest BCUT2D eigenvalue weighted by Gasteiger charge is -2.29. The van der Waals surface area contributed by atoms with Crippen molar-refractivity contribution < 1.29 is 4.74 Å². The first-order valence-electron chi connectivity index (χ1n) is 10.5. The van der Waals surface area contributed by atoms with Gasteiger partial charge in [-0.1, -0.05) is 17.7 Å². The number of anilines is 3. The molecule has 168 valence electrons. The lowest BCUT2D eigenvalue weighted by molar-refractivity contribution is 0.122. The molecule has 3 heterocycles. The number of nitrogens with zero attached hydrogens (tertiary/aromatic N) is 5. The zero-order valence-electron chi connectivity index (χ0n) is 18.0. The first-order valence-corrected chi connectivity index (χ1v) is 10.8. The van der Waals surface area contributed by atoms with Crippen molar-refractivity contribution in [3.05, 3.63) is 74.3 Å². The van der Waals surface area contributed by atoms with Crippen LogP contribution in [0.15, 0.2) is 52.2 Å². The lowest BCUT2D eigenvalue weighted by atomic mass is 10.2. The molecule has 9 nitrogen and oxygen atoms in total. The number of rotatable bonds is 6. The van der Waals surface area contributed by atoms with E-state index in [1.165, 1.54) is 4.57 Å². The number of halogens is 1. The average Bonchev–Trinajstić information content (AvgIpc) is 2.78. The molecule has 1 aromatic carbocycles. The fraction of sp³-hybridized carbons (Fsp3) is 0.364. The van der Waals surface area contributed by atoms with Gasteiger partial charge in [0.15, 0.2) is 0 Å². The summed E-state index contributed by atoms with van der Waals surface area (Å²) in [6.07, 6.45) is 1.60. The zero-order valence-corrected chi connectivity index (χ0v) is 18.7. The van der Waals surface area contributed by atoms with Crippen molar-refractivity contribution in [2.24, 2.45) is 0 Å². The van der Waals surface area contributed by atoms with Gasteiger partial charge < -0.3 is 15.0 Å². The molecule has 4 rings (SSSR count). The number of hydrogen-bond donors (Lipinski definition) is 1. The summed E-state index contributed by atoms with van der Waals surface area (Å²) in [5, 5.41) is 3.50.